The van der Waals surface area contributed by atoms with E-state index in [4.69, 9.17) is 10.5 Å². The van der Waals surface area contributed by atoms with Crippen LogP contribution in [0.1, 0.15) is 29.4 Å². The second-order valence-electron chi connectivity index (χ2n) is 5.02. The normalized spacial score (nSPS) is 17.5. The first-order chi connectivity index (χ1) is 9.24. The highest BCUT2D eigenvalue weighted by molar-refractivity contribution is 5.40. The van der Waals surface area contributed by atoms with Crippen LogP contribution in [0, 0.1) is 6.92 Å². The highest BCUT2D eigenvalue weighted by Crippen LogP contribution is 2.31. The summed E-state index contributed by atoms with van der Waals surface area (Å²) in [5, 5.41) is 0. The molecule has 1 aliphatic carbocycles. The minimum Gasteiger partial charge on any atom is -0.492 e. The summed E-state index contributed by atoms with van der Waals surface area (Å²) in [6.45, 7) is 3.47. The van der Waals surface area contributed by atoms with Crippen molar-refractivity contribution in [3.8, 4) is 5.75 Å². The summed E-state index contributed by atoms with van der Waals surface area (Å²) in [6.07, 6.45) is 5.90. The van der Waals surface area contributed by atoms with E-state index in [9.17, 15) is 0 Å². The van der Waals surface area contributed by atoms with Gasteiger partial charge in [0, 0.05) is 18.4 Å². The van der Waals surface area contributed by atoms with E-state index >= 15 is 0 Å². The van der Waals surface area contributed by atoms with E-state index < -0.39 is 0 Å². The first-order valence-corrected chi connectivity index (χ1v) is 6.73. The molecule has 19 heavy (non-hydrogen) atoms. The number of nitrogens with zero attached hydrogens (tertiary/aromatic N) is 2. The molecule has 100 valence electrons. The second-order valence-corrected chi connectivity index (χ2v) is 5.02. The maximum Gasteiger partial charge on any atom is 0.119 e. The monoisotopic (exact) mass is 257 g/mol. The SMILES string of the molecule is Cc1nccn1CCOc1ccc2c(c1)CCC2N. The molecule has 1 aromatic heterocycles. The Kier molecular flexibility index (Phi) is 3.25. The van der Waals surface area contributed by atoms with Crippen LogP contribution >= 0.6 is 0 Å². The number of hydrogen-bond donors (Lipinski definition) is 1. The van der Waals surface area contributed by atoms with Gasteiger partial charge in [-0.3, -0.25) is 0 Å². The average molecular weight is 257 g/mol. The molecule has 0 bridgehead atoms. The third-order valence-electron chi connectivity index (χ3n) is 3.76. The van der Waals surface area contributed by atoms with Crippen molar-refractivity contribution >= 4 is 0 Å². The van der Waals surface area contributed by atoms with Crippen molar-refractivity contribution in [2.45, 2.75) is 32.4 Å². The van der Waals surface area contributed by atoms with Gasteiger partial charge in [-0.05, 0) is 43.0 Å². The lowest BCUT2D eigenvalue weighted by Gasteiger charge is -2.10. The predicted octanol–water partition coefficient (Wildman–Crippen LogP) is 2.22. The Morgan fingerprint density at radius 2 is 2.37 bits per heavy atom. The minimum atomic E-state index is 0.206. The number of benzene rings is 1. The molecule has 0 amide bonds. The van der Waals surface area contributed by atoms with Crippen molar-refractivity contribution in [3.05, 3.63) is 47.5 Å². The van der Waals surface area contributed by atoms with E-state index in [1.54, 1.807) is 0 Å². The van der Waals surface area contributed by atoms with Gasteiger partial charge in [0.25, 0.3) is 0 Å². The molecule has 0 fully saturated rings. The topological polar surface area (TPSA) is 53.1 Å². The molecule has 2 aromatic rings. The van der Waals surface area contributed by atoms with Gasteiger partial charge in [-0.25, -0.2) is 4.98 Å². The van der Waals surface area contributed by atoms with Gasteiger partial charge >= 0.3 is 0 Å². The van der Waals surface area contributed by atoms with Gasteiger partial charge in [0.15, 0.2) is 0 Å². The number of imidazole rings is 1. The lowest BCUT2D eigenvalue weighted by Crippen LogP contribution is -2.09. The van der Waals surface area contributed by atoms with E-state index in [1.807, 2.05) is 25.4 Å². The zero-order valence-corrected chi connectivity index (χ0v) is 11.2. The Labute approximate surface area is 113 Å². The van der Waals surface area contributed by atoms with Gasteiger partial charge in [-0.2, -0.15) is 0 Å². The van der Waals surface area contributed by atoms with Gasteiger partial charge in [-0.15, -0.1) is 0 Å². The fourth-order valence-electron chi connectivity index (χ4n) is 2.62. The molecular weight excluding hydrogens is 238 g/mol. The number of nitrogens with two attached hydrogens (primary N) is 1. The van der Waals surface area contributed by atoms with Crippen LogP contribution < -0.4 is 10.5 Å². The van der Waals surface area contributed by atoms with Crippen LogP contribution in [-0.4, -0.2) is 16.2 Å². The maximum atomic E-state index is 6.03. The molecule has 1 unspecified atom stereocenters. The third kappa shape index (κ3) is 2.49. The van der Waals surface area contributed by atoms with E-state index in [2.05, 4.69) is 21.7 Å². The molecule has 1 aliphatic rings. The fourth-order valence-corrected chi connectivity index (χ4v) is 2.62. The lowest BCUT2D eigenvalue weighted by atomic mass is 10.1. The van der Waals surface area contributed by atoms with E-state index in [-0.39, 0.29) is 6.04 Å². The van der Waals surface area contributed by atoms with Crippen LogP contribution in [0.3, 0.4) is 0 Å². The molecule has 0 saturated heterocycles. The van der Waals surface area contributed by atoms with Crippen LogP contribution in [-0.2, 0) is 13.0 Å². The highest BCUT2D eigenvalue weighted by Gasteiger charge is 2.18. The number of fused-ring (bicyclic) bond motifs is 1. The van der Waals surface area contributed by atoms with Crippen molar-refractivity contribution in [1.29, 1.82) is 0 Å². The van der Waals surface area contributed by atoms with Crippen molar-refractivity contribution < 1.29 is 4.74 Å². The van der Waals surface area contributed by atoms with Crippen LogP contribution in [0.4, 0.5) is 0 Å². The Bertz CT molecular complexity index is 577. The molecule has 0 radical (unpaired) electrons. The number of ether oxygens (including phenoxy) is 1. The Hall–Kier alpha value is -1.81. The van der Waals surface area contributed by atoms with Crippen molar-refractivity contribution in [2.75, 3.05) is 6.61 Å². The highest BCUT2D eigenvalue weighted by atomic mass is 16.5. The van der Waals surface area contributed by atoms with Crippen LogP contribution in [0.25, 0.3) is 0 Å². The molecule has 4 nitrogen and oxygen atoms in total. The number of aryl methyl sites for hydroxylation is 2. The number of aromatic nitrogens is 2. The molecular formula is C15H19N3O. The summed E-state index contributed by atoms with van der Waals surface area (Å²) in [4.78, 5) is 4.19. The third-order valence-corrected chi connectivity index (χ3v) is 3.76. The smallest absolute Gasteiger partial charge is 0.119 e. The Morgan fingerprint density at radius 3 is 3.16 bits per heavy atom. The van der Waals surface area contributed by atoms with Gasteiger partial charge < -0.3 is 15.0 Å². The van der Waals surface area contributed by atoms with Crippen molar-refractivity contribution in [3.63, 3.8) is 0 Å². The maximum absolute atomic E-state index is 6.03. The summed E-state index contributed by atoms with van der Waals surface area (Å²) in [6, 6.07) is 6.45. The number of rotatable bonds is 4. The van der Waals surface area contributed by atoms with Crippen molar-refractivity contribution in [1.82, 2.24) is 9.55 Å². The van der Waals surface area contributed by atoms with Gasteiger partial charge in [-0.1, -0.05) is 6.07 Å². The van der Waals surface area contributed by atoms with E-state index in [1.165, 1.54) is 11.1 Å². The van der Waals surface area contributed by atoms with Crippen LogP contribution in [0.15, 0.2) is 30.6 Å². The van der Waals surface area contributed by atoms with Gasteiger partial charge in [0.1, 0.15) is 18.2 Å². The first-order valence-electron chi connectivity index (χ1n) is 6.73. The zero-order valence-electron chi connectivity index (χ0n) is 11.2. The summed E-state index contributed by atoms with van der Waals surface area (Å²) in [7, 11) is 0. The minimum absolute atomic E-state index is 0.206. The Balaban J connectivity index is 1.60. The molecule has 0 saturated carbocycles. The summed E-state index contributed by atoms with van der Waals surface area (Å²) < 4.78 is 7.89. The van der Waals surface area contributed by atoms with E-state index in [0.717, 1.165) is 31.0 Å². The molecule has 2 N–H and O–H groups in total. The summed E-state index contributed by atoms with van der Waals surface area (Å²) in [5.74, 6) is 1.95. The second kappa shape index (κ2) is 5.05. The number of hydrogen-bond acceptors (Lipinski definition) is 3. The fraction of sp³-hybridized carbons (Fsp3) is 0.400. The van der Waals surface area contributed by atoms with Gasteiger partial charge in [0.2, 0.25) is 0 Å². The first kappa shape index (κ1) is 12.2. The lowest BCUT2D eigenvalue weighted by molar-refractivity contribution is 0.297. The molecule has 0 aliphatic heterocycles. The quantitative estimate of drug-likeness (QED) is 0.913. The molecule has 1 atom stereocenters. The largest absolute Gasteiger partial charge is 0.492 e. The predicted molar refractivity (Wildman–Crippen MR) is 74.2 cm³/mol. The standard InChI is InChI=1S/C15H19N3O/c1-11-17-6-7-18(11)8-9-19-13-3-4-14-12(10-13)2-5-15(14)16/h3-4,6-7,10,15H,2,5,8-9,16H2,1H3. The Morgan fingerprint density at radius 1 is 1.47 bits per heavy atom. The molecule has 0 spiro atoms. The average Bonchev–Trinajstić information content (AvgIpc) is 2.97. The molecule has 1 aromatic carbocycles. The van der Waals surface area contributed by atoms with Gasteiger partial charge in [0.05, 0.1) is 6.54 Å². The van der Waals surface area contributed by atoms with Crippen LogP contribution in [0.2, 0.25) is 0 Å². The van der Waals surface area contributed by atoms with Crippen LogP contribution in [0.5, 0.6) is 5.75 Å². The summed E-state index contributed by atoms with van der Waals surface area (Å²) >= 11 is 0. The van der Waals surface area contributed by atoms with E-state index in [0.29, 0.717) is 6.61 Å². The molecule has 3 rings (SSSR count). The summed E-state index contributed by atoms with van der Waals surface area (Å²) in [5.41, 5.74) is 8.64. The zero-order chi connectivity index (χ0) is 13.2. The van der Waals surface area contributed by atoms with Crippen molar-refractivity contribution in [2.24, 2.45) is 5.73 Å². The molecule has 4 heteroatoms. The molecule has 1 heterocycles.